The summed E-state index contributed by atoms with van der Waals surface area (Å²) in [6.07, 6.45) is -3.91. The highest BCUT2D eigenvalue weighted by molar-refractivity contribution is 5.86. The third kappa shape index (κ3) is 2.46. The number of hydrogen-bond acceptors (Lipinski definition) is 4. The van der Waals surface area contributed by atoms with Gasteiger partial charge in [0, 0.05) is 0 Å². The second kappa shape index (κ2) is 4.30. The Morgan fingerprint density at radius 1 is 1.60 bits per heavy atom. The number of aliphatic hydroxyl groups excluding tert-OH is 1. The van der Waals surface area contributed by atoms with Crippen LogP contribution in [0.1, 0.15) is 29.5 Å². The summed E-state index contributed by atoms with van der Waals surface area (Å²) in [4.78, 5) is 10.5. The van der Waals surface area contributed by atoms with Crippen LogP contribution in [0.4, 0.5) is 8.78 Å². The van der Waals surface area contributed by atoms with E-state index in [-0.39, 0.29) is 6.54 Å². The lowest BCUT2D eigenvalue weighted by Crippen LogP contribution is -2.16. The molecule has 0 radical (unpaired) electrons. The zero-order valence-electron chi connectivity index (χ0n) is 7.76. The molecule has 15 heavy (non-hydrogen) atoms. The number of alkyl halides is 2. The number of rotatable bonds is 4. The van der Waals surface area contributed by atoms with Gasteiger partial charge in [0.1, 0.15) is 5.69 Å². The van der Waals surface area contributed by atoms with Crippen molar-refractivity contribution in [2.45, 2.75) is 26.0 Å². The first-order valence-corrected chi connectivity index (χ1v) is 4.06. The molecule has 1 aromatic rings. The number of aliphatic hydroxyl groups is 1. The molecule has 6 nitrogen and oxygen atoms in total. The number of carboxylic acids is 1. The first-order chi connectivity index (χ1) is 6.93. The molecule has 0 aliphatic rings. The van der Waals surface area contributed by atoms with Gasteiger partial charge in [-0.2, -0.15) is 0 Å². The largest absolute Gasteiger partial charge is 0.476 e. The molecule has 2 N–H and O–H groups in total. The van der Waals surface area contributed by atoms with Gasteiger partial charge in [0.15, 0.2) is 5.69 Å². The molecule has 0 amide bonds. The van der Waals surface area contributed by atoms with Crippen LogP contribution in [0.15, 0.2) is 0 Å². The predicted octanol–water partition coefficient (Wildman–Crippen LogP) is 0.295. The van der Waals surface area contributed by atoms with E-state index in [0.717, 1.165) is 0 Å². The van der Waals surface area contributed by atoms with Crippen molar-refractivity contribution >= 4 is 5.97 Å². The maximum atomic E-state index is 12.5. The number of nitrogens with zero attached hydrogens (tertiary/aromatic N) is 3. The van der Waals surface area contributed by atoms with Crippen molar-refractivity contribution in [3.8, 4) is 0 Å². The van der Waals surface area contributed by atoms with Crippen LogP contribution >= 0.6 is 0 Å². The third-order valence-electron chi connectivity index (χ3n) is 1.62. The summed E-state index contributed by atoms with van der Waals surface area (Å²) >= 11 is 0. The predicted molar refractivity (Wildman–Crippen MR) is 43.6 cm³/mol. The van der Waals surface area contributed by atoms with Crippen LogP contribution in [-0.2, 0) is 6.54 Å². The zero-order valence-corrected chi connectivity index (χ0v) is 7.76. The summed E-state index contributed by atoms with van der Waals surface area (Å²) in [5, 5.41) is 23.9. The van der Waals surface area contributed by atoms with Crippen molar-refractivity contribution in [1.29, 1.82) is 0 Å². The van der Waals surface area contributed by atoms with Crippen LogP contribution in [0.2, 0.25) is 0 Å². The molecule has 1 rings (SSSR count). The zero-order chi connectivity index (χ0) is 11.6. The van der Waals surface area contributed by atoms with E-state index in [9.17, 15) is 13.6 Å². The van der Waals surface area contributed by atoms with Gasteiger partial charge in [0.05, 0.1) is 12.6 Å². The molecule has 0 spiro atoms. The summed E-state index contributed by atoms with van der Waals surface area (Å²) in [5.41, 5.74) is -1.57. The minimum absolute atomic E-state index is 0.222. The standard InChI is InChI=1S/C7H9F2N3O3/c1-3(13)2-12-5(6(8)9)4(7(14)15)10-11-12/h3,6,13H,2H2,1H3,(H,14,15). The average Bonchev–Trinajstić information content (AvgIpc) is 2.46. The molecule has 84 valence electrons. The Morgan fingerprint density at radius 2 is 2.20 bits per heavy atom. The number of aromatic carboxylic acids is 1. The summed E-state index contributed by atoms with van der Waals surface area (Å²) in [6.45, 7) is 1.15. The molecule has 1 heterocycles. The van der Waals surface area contributed by atoms with Gasteiger partial charge in [-0.25, -0.2) is 18.3 Å². The van der Waals surface area contributed by atoms with E-state index in [1.807, 2.05) is 0 Å². The smallest absolute Gasteiger partial charge is 0.358 e. The minimum atomic E-state index is -3.00. The van der Waals surface area contributed by atoms with E-state index in [2.05, 4.69) is 10.3 Å². The molecule has 0 saturated carbocycles. The van der Waals surface area contributed by atoms with Crippen molar-refractivity contribution in [2.75, 3.05) is 0 Å². The Balaban J connectivity index is 3.12. The lowest BCUT2D eigenvalue weighted by molar-refractivity contribution is 0.0673. The highest BCUT2D eigenvalue weighted by atomic mass is 19.3. The molecule has 0 saturated heterocycles. The minimum Gasteiger partial charge on any atom is -0.476 e. The Kier molecular flexibility index (Phi) is 3.30. The van der Waals surface area contributed by atoms with Gasteiger partial charge >= 0.3 is 5.97 Å². The van der Waals surface area contributed by atoms with Crippen molar-refractivity contribution in [3.63, 3.8) is 0 Å². The Morgan fingerprint density at radius 3 is 2.60 bits per heavy atom. The van der Waals surface area contributed by atoms with E-state index >= 15 is 0 Å². The number of carboxylic acid groups (broad SMARTS) is 1. The maximum absolute atomic E-state index is 12.5. The molecule has 1 atom stereocenters. The van der Waals surface area contributed by atoms with Gasteiger partial charge in [-0.05, 0) is 6.92 Å². The molecular formula is C7H9F2N3O3. The lowest BCUT2D eigenvalue weighted by atomic mass is 10.3. The molecule has 0 aliphatic carbocycles. The van der Waals surface area contributed by atoms with Crippen molar-refractivity contribution in [2.24, 2.45) is 0 Å². The van der Waals surface area contributed by atoms with Crippen LogP contribution in [0, 0.1) is 0 Å². The Bertz CT molecular complexity index is 364. The SMILES string of the molecule is CC(O)Cn1nnc(C(=O)O)c1C(F)F. The number of halogens is 2. The van der Waals surface area contributed by atoms with Gasteiger partial charge in [-0.15, -0.1) is 5.10 Å². The molecule has 0 aromatic carbocycles. The summed E-state index contributed by atoms with van der Waals surface area (Å²) < 4.78 is 25.7. The topological polar surface area (TPSA) is 88.2 Å². The fourth-order valence-electron chi connectivity index (χ4n) is 1.07. The van der Waals surface area contributed by atoms with Crippen LogP contribution < -0.4 is 0 Å². The molecule has 1 unspecified atom stereocenters. The maximum Gasteiger partial charge on any atom is 0.358 e. The highest BCUT2D eigenvalue weighted by Crippen LogP contribution is 2.21. The van der Waals surface area contributed by atoms with Crippen LogP contribution in [-0.4, -0.2) is 37.3 Å². The van der Waals surface area contributed by atoms with Crippen LogP contribution in [0.3, 0.4) is 0 Å². The second-order valence-electron chi connectivity index (χ2n) is 2.96. The number of aromatic nitrogens is 3. The third-order valence-corrected chi connectivity index (χ3v) is 1.62. The molecular weight excluding hydrogens is 212 g/mol. The number of carbonyl (C=O) groups is 1. The molecule has 0 aliphatic heterocycles. The normalized spacial score (nSPS) is 13.1. The summed E-state index contributed by atoms with van der Waals surface area (Å²) in [6, 6.07) is 0. The van der Waals surface area contributed by atoms with Crippen molar-refractivity contribution in [1.82, 2.24) is 15.0 Å². The molecule has 0 fully saturated rings. The summed E-state index contributed by atoms with van der Waals surface area (Å²) in [7, 11) is 0. The lowest BCUT2D eigenvalue weighted by Gasteiger charge is -2.07. The van der Waals surface area contributed by atoms with E-state index in [1.54, 1.807) is 0 Å². The van der Waals surface area contributed by atoms with Crippen molar-refractivity contribution < 1.29 is 23.8 Å². The van der Waals surface area contributed by atoms with Gasteiger partial charge in [0.25, 0.3) is 6.43 Å². The van der Waals surface area contributed by atoms with Crippen LogP contribution in [0.25, 0.3) is 0 Å². The quantitative estimate of drug-likeness (QED) is 0.763. The van der Waals surface area contributed by atoms with Crippen molar-refractivity contribution in [3.05, 3.63) is 11.4 Å². The molecule has 1 aromatic heterocycles. The Labute approximate surface area is 83.1 Å². The van der Waals surface area contributed by atoms with E-state index in [1.165, 1.54) is 6.92 Å². The summed E-state index contributed by atoms with van der Waals surface area (Å²) in [5.74, 6) is -1.57. The second-order valence-corrected chi connectivity index (χ2v) is 2.96. The van der Waals surface area contributed by atoms with E-state index in [0.29, 0.717) is 4.68 Å². The fourth-order valence-corrected chi connectivity index (χ4v) is 1.07. The average molecular weight is 221 g/mol. The van der Waals surface area contributed by atoms with Gasteiger partial charge < -0.3 is 10.2 Å². The van der Waals surface area contributed by atoms with E-state index in [4.69, 9.17) is 10.2 Å². The highest BCUT2D eigenvalue weighted by Gasteiger charge is 2.26. The van der Waals surface area contributed by atoms with Gasteiger partial charge in [-0.1, -0.05) is 5.21 Å². The van der Waals surface area contributed by atoms with E-state index < -0.39 is 29.9 Å². The van der Waals surface area contributed by atoms with Crippen LogP contribution in [0.5, 0.6) is 0 Å². The fraction of sp³-hybridized carbons (Fsp3) is 0.571. The first-order valence-electron chi connectivity index (χ1n) is 4.06. The molecule has 8 heteroatoms. The monoisotopic (exact) mass is 221 g/mol. The van der Waals surface area contributed by atoms with Gasteiger partial charge in [0.2, 0.25) is 0 Å². The Hall–Kier alpha value is -1.57. The molecule has 0 bridgehead atoms. The first kappa shape index (κ1) is 11.5. The number of hydrogen-bond donors (Lipinski definition) is 2. The van der Waals surface area contributed by atoms with Gasteiger partial charge in [-0.3, -0.25) is 0 Å².